The van der Waals surface area contributed by atoms with Crippen molar-refractivity contribution >= 4 is 34.0 Å². The number of unbranched alkanes of at least 4 members (excludes halogenated alkanes) is 2. The molecular formula is C22H24N4O3. The molecule has 2 N–H and O–H groups in total. The first-order valence-corrected chi connectivity index (χ1v) is 9.68. The molecule has 150 valence electrons. The van der Waals surface area contributed by atoms with E-state index < -0.39 is 5.91 Å². The average Bonchev–Trinajstić information content (AvgIpc) is 2.69. The molecule has 1 heterocycles. The van der Waals surface area contributed by atoms with E-state index in [9.17, 15) is 14.4 Å². The second-order valence-electron chi connectivity index (χ2n) is 6.85. The lowest BCUT2D eigenvalue weighted by Gasteiger charge is -2.12. The van der Waals surface area contributed by atoms with Gasteiger partial charge in [-0.15, -0.1) is 0 Å². The number of hydrogen-bond acceptors (Lipinski definition) is 4. The highest BCUT2D eigenvalue weighted by molar-refractivity contribution is 6.11. The summed E-state index contributed by atoms with van der Waals surface area (Å²) >= 11 is 0. The molecule has 1 aromatic heterocycles. The first kappa shape index (κ1) is 20.3. The molecular weight excluding hydrogens is 368 g/mol. The van der Waals surface area contributed by atoms with Crippen molar-refractivity contribution in [3.8, 4) is 0 Å². The fraction of sp³-hybridized carbons (Fsp3) is 0.273. The van der Waals surface area contributed by atoms with Crippen LogP contribution in [0, 0.1) is 0 Å². The number of aromatic nitrogens is 2. The Morgan fingerprint density at radius 1 is 0.966 bits per heavy atom. The Labute approximate surface area is 168 Å². The van der Waals surface area contributed by atoms with Crippen molar-refractivity contribution in [1.82, 2.24) is 9.78 Å². The molecule has 0 saturated heterocycles. The number of anilines is 2. The van der Waals surface area contributed by atoms with Crippen molar-refractivity contribution in [2.75, 3.05) is 10.6 Å². The van der Waals surface area contributed by atoms with Gasteiger partial charge in [0.1, 0.15) is 0 Å². The number of nitrogens with one attached hydrogen (secondary N) is 2. The van der Waals surface area contributed by atoms with Crippen molar-refractivity contribution in [1.29, 1.82) is 0 Å². The number of aryl methyl sites for hydroxylation is 1. The van der Waals surface area contributed by atoms with Crippen LogP contribution in [-0.2, 0) is 11.3 Å². The maximum Gasteiger partial charge on any atom is 0.276 e. The van der Waals surface area contributed by atoms with E-state index in [2.05, 4.69) is 22.7 Å². The molecule has 7 nitrogen and oxygen atoms in total. The maximum absolute atomic E-state index is 13.0. The summed E-state index contributed by atoms with van der Waals surface area (Å²) in [6.45, 7) is 3.98. The van der Waals surface area contributed by atoms with Crippen LogP contribution in [0.1, 0.15) is 43.6 Å². The Bertz CT molecular complexity index is 1100. The Balaban J connectivity index is 1.95. The van der Waals surface area contributed by atoms with Crippen molar-refractivity contribution in [3.63, 3.8) is 0 Å². The summed E-state index contributed by atoms with van der Waals surface area (Å²) in [6, 6.07) is 13.8. The second-order valence-corrected chi connectivity index (χ2v) is 6.85. The number of nitrogens with zero attached hydrogens (tertiary/aromatic N) is 2. The summed E-state index contributed by atoms with van der Waals surface area (Å²) in [4.78, 5) is 37.0. The Morgan fingerprint density at radius 2 is 1.66 bits per heavy atom. The summed E-state index contributed by atoms with van der Waals surface area (Å²) in [6.07, 6.45) is 2.83. The van der Waals surface area contributed by atoms with Gasteiger partial charge in [-0.1, -0.05) is 44.0 Å². The van der Waals surface area contributed by atoms with Crippen molar-refractivity contribution < 1.29 is 9.59 Å². The Morgan fingerprint density at radius 3 is 2.34 bits per heavy atom. The van der Waals surface area contributed by atoms with Crippen molar-refractivity contribution in [3.05, 3.63) is 64.6 Å². The van der Waals surface area contributed by atoms with Crippen molar-refractivity contribution in [2.24, 2.45) is 0 Å². The topological polar surface area (TPSA) is 93.1 Å². The molecule has 2 amide bonds. The number of benzene rings is 2. The number of rotatable bonds is 7. The quantitative estimate of drug-likeness (QED) is 0.598. The smallest absolute Gasteiger partial charge is 0.276 e. The zero-order valence-corrected chi connectivity index (χ0v) is 16.6. The maximum atomic E-state index is 13.0. The summed E-state index contributed by atoms with van der Waals surface area (Å²) in [5.41, 5.74) is 1.11. The zero-order chi connectivity index (χ0) is 20.8. The van der Waals surface area contributed by atoms with E-state index >= 15 is 0 Å². The van der Waals surface area contributed by atoms with Crippen LogP contribution in [0.4, 0.5) is 11.4 Å². The van der Waals surface area contributed by atoms with E-state index in [1.807, 2.05) is 0 Å². The average molecular weight is 392 g/mol. The van der Waals surface area contributed by atoms with Gasteiger partial charge in [0.25, 0.3) is 11.5 Å². The summed E-state index contributed by atoms with van der Waals surface area (Å²) in [7, 11) is 0. The molecule has 29 heavy (non-hydrogen) atoms. The van der Waals surface area contributed by atoms with Gasteiger partial charge in [-0.05, 0) is 30.7 Å². The molecule has 0 aliphatic heterocycles. The van der Waals surface area contributed by atoms with Gasteiger partial charge in [-0.3, -0.25) is 14.4 Å². The van der Waals surface area contributed by atoms with E-state index in [4.69, 9.17) is 0 Å². The lowest BCUT2D eigenvalue weighted by atomic mass is 10.1. The highest BCUT2D eigenvalue weighted by Gasteiger charge is 2.17. The van der Waals surface area contributed by atoms with Crippen LogP contribution >= 0.6 is 0 Å². The van der Waals surface area contributed by atoms with Gasteiger partial charge in [-0.2, -0.15) is 5.10 Å². The van der Waals surface area contributed by atoms with Crippen LogP contribution in [0.2, 0.25) is 0 Å². The molecule has 0 fully saturated rings. The number of fused-ring (bicyclic) bond motifs is 1. The predicted molar refractivity (Wildman–Crippen MR) is 114 cm³/mol. The van der Waals surface area contributed by atoms with Crippen LogP contribution in [0.3, 0.4) is 0 Å². The lowest BCUT2D eigenvalue weighted by molar-refractivity contribution is -0.114. The van der Waals surface area contributed by atoms with E-state index in [1.165, 1.54) is 11.6 Å². The van der Waals surface area contributed by atoms with E-state index in [0.717, 1.165) is 19.3 Å². The second kappa shape index (κ2) is 9.14. The minimum Gasteiger partial charge on any atom is -0.326 e. The van der Waals surface area contributed by atoms with Crippen LogP contribution in [0.5, 0.6) is 0 Å². The number of carbonyl (C=O) groups excluding carboxylic acids is 2. The predicted octanol–water partition coefficient (Wildman–Crippen LogP) is 3.80. The van der Waals surface area contributed by atoms with E-state index in [0.29, 0.717) is 28.7 Å². The number of amides is 2. The molecule has 3 rings (SSSR count). The third-order valence-corrected chi connectivity index (χ3v) is 4.50. The SMILES string of the molecule is CCCCCn1nc(C(=O)Nc2cccc(NC(C)=O)c2)c2ccccc2c1=O. The summed E-state index contributed by atoms with van der Waals surface area (Å²) in [5, 5.41) is 10.8. The molecule has 0 saturated carbocycles. The number of hydrogen-bond donors (Lipinski definition) is 2. The van der Waals surface area contributed by atoms with Gasteiger partial charge in [0, 0.05) is 30.2 Å². The molecule has 2 aromatic carbocycles. The van der Waals surface area contributed by atoms with Crippen molar-refractivity contribution in [2.45, 2.75) is 39.7 Å². The van der Waals surface area contributed by atoms with Gasteiger partial charge in [-0.25, -0.2) is 4.68 Å². The Kier molecular flexibility index (Phi) is 6.39. The third-order valence-electron chi connectivity index (χ3n) is 4.50. The molecule has 0 radical (unpaired) electrons. The molecule has 0 aliphatic rings. The first-order valence-electron chi connectivity index (χ1n) is 9.68. The molecule has 0 bridgehead atoms. The van der Waals surface area contributed by atoms with Gasteiger partial charge in [0.15, 0.2) is 5.69 Å². The first-order chi connectivity index (χ1) is 14.0. The monoisotopic (exact) mass is 392 g/mol. The summed E-state index contributed by atoms with van der Waals surface area (Å²) < 4.78 is 1.38. The molecule has 0 aliphatic carbocycles. The van der Waals surface area contributed by atoms with E-state index in [-0.39, 0.29) is 17.2 Å². The van der Waals surface area contributed by atoms with Crippen LogP contribution in [0.15, 0.2) is 53.3 Å². The highest BCUT2D eigenvalue weighted by Crippen LogP contribution is 2.18. The molecule has 7 heteroatoms. The summed E-state index contributed by atoms with van der Waals surface area (Å²) in [5.74, 6) is -0.606. The zero-order valence-electron chi connectivity index (χ0n) is 16.6. The highest BCUT2D eigenvalue weighted by atomic mass is 16.2. The lowest BCUT2D eigenvalue weighted by Crippen LogP contribution is -2.27. The third kappa shape index (κ3) is 4.87. The largest absolute Gasteiger partial charge is 0.326 e. The minimum atomic E-state index is -0.412. The minimum absolute atomic E-state index is 0.194. The standard InChI is InChI=1S/C22H24N4O3/c1-3-4-7-13-26-22(29)19-12-6-5-11-18(19)20(25-26)21(28)24-17-10-8-9-16(14-17)23-15(2)27/h5-6,8-12,14H,3-4,7,13H2,1-2H3,(H,23,27)(H,24,28). The molecule has 3 aromatic rings. The van der Waals surface area contributed by atoms with Crippen LogP contribution < -0.4 is 16.2 Å². The molecule has 0 spiro atoms. The van der Waals surface area contributed by atoms with Gasteiger partial charge >= 0.3 is 0 Å². The van der Waals surface area contributed by atoms with Gasteiger partial charge < -0.3 is 10.6 Å². The van der Waals surface area contributed by atoms with E-state index in [1.54, 1.807) is 48.5 Å². The molecule has 0 atom stereocenters. The Hall–Kier alpha value is -3.48. The van der Waals surface area contributed by atoms with Gasteiger partial charge in [0.2, 0.25) is 5.91 Å². The fourth-order valence-electron chi connectivity index (χ4n) is 3.13. The van der Waals surface area contributed by atoms with Crippen LogP contribution in [-0.4, -0.2) is 21.6 Å². The van der Waals surface area contributed by atoms with Gasteiger partial charge in [0.05, 0.1) is 5.39 Å². The normalized spacial score (nSPS) is 10.7. The molecule has 0 unspecified atom stereocenters. The van der Waals surface area contributed by atoms with Crippen LogP contribution in [0.25, 0.3) is 10.8 Å². The number of carbonyl (C=O) groups is 2. The fourth-order valence-corrected chi connectivity index (χ4v) is 3.13.